The van der Waals surface area contributed by atoms with Crippen molar-refractivity contribution < 1.29 is 62.5 Å². The molecule has 0 aromatic carbocycles. The molecule has 3 aliphatic heterocycles. The Morgan fingerprint density at radius 1 is 0.786 bits per heavy atom. The van der Waals surface area contributed by atoms with Gasteiger partial charge in [-0.2, -0.15) is 11.8 Å². The van der Waals surface area contributed by atoms with Crippen LogP contribution in [0.4, 0.5) is 4.79 Å². The number of aromatic nitrogens is 5. The highest BCUT2D eigenvalue weighted by molar-refractivity contribution is 8.00. The highest BCUT2D eigenvalue weighted by Gasteiger charge is 2.42. The van der Waals surface area contributed by atoms with Crippen molar-refractivity contribution in [3.05, 3.63) is 30.1 Å². The van der Waals surface area contributed by atoms with E-state index in [2.05, 4.69) is 68.1 Å². The number of ether oxygens (including phenoxy) is 3. The molecule has 29 nitrogen and oxygen atoms in total. The number of thioether (sulfide) groups is 1. The molecule has 1 unspecified atom stereocenters. The van der Waals surface area contributed by atoms with E-state index in [9.17, 15) is 48.3 Å². The van der Waals surface area contributed by atoms with Gasteiger partial charge in [-0.05, 0) is 76.7 Å². The molecule has 30 heteroatoms. The van der Waals surface area contributed by atoms with Crippen LogP contribution in [-0.2, 0) is 72.0 Å². The summed E-state index contributed by atoms with van der Waals surface area (Å²) in [5.41, 5.74) is 13.0. The fraction of sp³-hybridized carbons (Fsp3) is 0.741. The number of amides is 9. The van der Waals surface area contributed by atoms with Crippen molar-refractivity contribution in [2.45, 2.75) is 164 Å². The predicted octanol–water partition coefficient (Wildman–Crippen LogP) is -2.51. The van der Waals surface area contributed by atoms with Gasteiger partial charge in [0.1, 0.15) is 24.2 Å². The van der Waals surface area contributed by atoms with Gasteiger partial charge in [-0.1, -0.05) is 25.5 Å². The maximum atomic E-state index is 14.1. The van der Waals surface area contributed by atoms with E-state index in [-0.39, 0.29) is 75.1 Å². The number of H-pyrrole nitrogens is 1. The number of carbonyl (C=O) groups excluding carboxylic acids is 9. The van der Waals surface area contributed by atoms with Crippen LogP contribution in [0, 0.1) is 11.8 Å². The van der Waals surface area contributed by atoms with Crippen LogP contribution in [-0.4, -0.2) is 209 Å². The molecule has 470 valence electrons. The number of urea groups is 1. The second-order valence-electron chi connectivity index (χ2n) is 21.6. The molecule has 0 saturated carbocycles. The predicted molar refractivity (Wildman–Crippen MR) is 308 cm³/mol. The van der Waals surface area contributed by atoms with Gasteiger partial charge < -0.3 is 83.6 Å². The Morgan fingerprint density at radius 2 is 1.48 bits per heavy atom. The van der Waals surface area contributed by atoms with Crippen LogP contribution in [0.1, 0.15) is 109 Å². The Morgan fingerprint density at radius 3 is 2.18 bits per heavy atom. The van der Waals surface area contributed by atoms with E-state index in [1.807, 2.05) is 11.8 Å². The second kappa shape index (κ2) is 37.9. The standard InChI is InChI=1S/C54H90N16O13S/c1-34(2)37-27-44(72)38(56)25-36-30-70(69-68-36)18-8-6-12-39(50(76)59-17-10-20-82-22-24-83-23-21-81-19-9-16-58-46(73)14-4-3-13-45-48-43(32-84-45)66-54(80)67-48)62-47(74)29-60-51(77)42(31-71)65-52(78)40(11-5-7-15-55)63-53(79)41(64-49(37)75)26-35-28-57-33-61-35/h28,30,33-34,37-43,45,48,71H,3-27,29,31-32,55-56H2,1-2H3,(H,57,61)(H,58,73)(H,59,76)(H,60,77)(H,62,74)(H,63,79)(H,64,75)(H,65,78)(H2,66,67,80)/t37-,38-,39-,40-,41-,42-,43+,45?,48+/m0/s1. The van der Waals surface area contributed by atoms with Crippen LogP contribution in [0.25, 0.3) is 0 Å². The number of aromatic amines is 1. The smallest absolute Gasteiger partial charge is 0.315 e. The summed E-state index contributed by atoms with van der Waals surface area (Å²) < 4.78 is 18.5. The number of carbonyl (C=O) groups is 9. The van der Waals surface area contributed by atoms with Gasteiger partial charge in [0.25, 0.3) is 0 Å². The maximum absolute atomic E-state index is 14.1. The number of unbranched alkanes of at least 4 members (excludes halogenated alkanes) is 2. The lowest BCUT2D eigenvalue weighted by molar-refractivity contribution is -0.136. The zero-order chi connectivity index (χ0) is 60.6. The number of imidazole rings is 1. The van der Waals surface area contributed by atoms with Gasteiger partial charge in [-0.15, -0.1) is 5.10 Å². The number of hydrogen-bond acceptors (Lipinski definition) is 19. The molecule has 0 aliphatic carbocycles. The van der Waals surface area contributed by atoms with Crippen LogP contribution < -0.4 is 59.3 Å². The van der Waals surface area contributed by atoms with E-state index in [1.54, 1.807) is 24.7 Å². The highest BCUT2D eigenvalue weighted by Crippen LogP contribution is 2.33. The Labute approximate surface area is 494 Å². The molecule has 2 bridgehead atoms. The number of ketones is 1. The maximum Gasteiger partial charge on any atom is 0.315 e. The summed E-state index contributed by atoms with van der Waals surface area (Å²) in [5, 5.41) is 43.7. The molecule has 2 aromatic rings. The summed E-state index contributed by atoms with van der Waals surface area (Å²) in [6.45, 7) is 5.67. The van der Waals surface area contributed by atoms with Gasteiger partial charge in [0.05, 0.1) is 69.7 Å². The first-order valence-corrected chi connectivity index (χ1v) is 30.5. The van der Waals surface area contributed by atoms with Gasteiger partial charge in [0.2, 0.25) is 41.4 Å². The van der Waals surface area contributed by atoms with Crippen LogP contribution in [0.3, 0.4) is 0 Å². The molecule has 3 aliphatic rings. The van der Waals surface area contributed by atoms with Crippen molar-refractivity contribution >= 4 is 64.9 Å². The SMILES string of the molecule is CC(C)[C@@H]1CC(=O)[C@@H](N)Cc2cn(nn2)CCCC[C@@H](C(=O)NCCCOCCOCCOCCCNC(=O)CCCCC2SC[C@H]3NC(=O)N[C@@H]23)NC(=O)CNC(=O)[C@H](CO)NC(=O)[C@H](CCCCN)NC(=O)[C@H](Cc2cnc[nH]2)NC1=O. The van der Waals surface area contributed by atoms with Gasteiger partial charge >= 0.3 is 6.03 Å². The zero-order valence-corrected chi connectivity index (χ0v) is 49.3. The summed E-state index contributed by atoms with van der Waals surface area (Å²) in [6.07, 6.45) is 10.7. The van der Waals surface area contributed by atoms with Crippen molar-refractivity contribution in [1.29, 1.82) is 0 Å². The number of aryl methyl sites for hydroxylation is 1. The van der Waals surface area contributed by atoms with Crippen LogP contribution in [0.5, 0.6) is 0 Å². The summed E-state index contributed by atoms with van der Waals surface area (Å²) in [4.78, 5) is 126. The number of fused-ring (bicyclic) bond motifs is 3. The molecule has 0 spiro atoms. The molecular weight excluding hydrogens is 1110 g/mol. The third-order valence-electron chi connectivity index (χ3n) is 14.6. The number of nitrogens with two attached hydrogens (primary N) is 2. The normalized spacial score (nSPS) is 24.4. The summed E-state index contributed by atoms with van der Waals surface area (Å²) in [7, 11) is 0. The first-order valence-electron chi connectivity index (χ1n) is 29.4. The molecule has 2 fully saturated rings. The summed E-state index contributed by atoms with van der Waals surface area (Å²) >= 11 is 1.87. The van der Waals surface area contributed by atoms with Gasteiger partial charge in [0, 0.05) is 93.5 Å². The van der Waals surface area contributed by atoms with Crippen LogP contribution in [0.15, 0.2) is 18.7 Å². The molecule has 0 radical (unpaired) electrons. The topological polar surface area (TPSA) is 421 Å². The van der Waals surface area contributed by atoms with E-state index < -0.39 is 90.5 Å². The lowest BCUT2D eigenvalue weighted by atomic mass is 9.87. The minimum atomic E-state index is -1.55. The van der Waals surface area contributed by atoms with Crippen molar-refractivity contribution in [1.82, 2.24) is 72.8 Å². The monoisotopic (exact) mass is 1200 g/mol. The van der Waals surface area contributed by atoms with Crippen LogP contribution in [0.2, 0.25) is 0 Å². The quantitative estimate of drug-likeness (QED) is 0.0309. The molecule has 9 amide bonds. The summed E-state index contributed by atoms with van der Waals surface area (Å²) in [6, 6.07) is -5.84. The molecule has 84 heavy (non-hydrogen) atoms. The summed E-state index contributed by atoms with van der Waals surface area (Å²) in [5.74, 6) is -5.00. The van der Waals surface area contributed by atoms with E-state index >= 15 is 0 Å². The lowest BCUT2D eigenvalue weighted by Gasteiger charge is -2.27. The zero-order valence-electron chi connectivity index (χ0n) is 48.5. The first kappa shape index (κ1) is 68.5. The number of nitrogens with zero attached hydrogens (tertiary/aromatic N) is 4. The van der Waals surface area contributed by atoms with Gasteiger partial charge in [-0.3, -0.25) is 43.0 Å². The third kappa shape index (κ3) is 24.7. The average molecular weight is 1200 g/mol. The highest BCUT2D eigenvalue weighted by atomic mass is 32.2. The van der Waals surface area contributed by atoms with Crippen molar-refractivity contribution in [2.24, 2.45) is 23.3 Å². The van der Waals surface area contributed by atoms with Gasteiger partial charge in [0.15, 0.2) is 5.78 Å². The number of rotatable bonds is 28. The Bertz CT molecular complexity index is 2380. The molecule has 2 aromatic heterocycles. The van der Waals surface area contributed by atoms with E-state index in [1.165, 1.54) is 12.5 Å². The number of nitrogens with one attached hydrogen (secondary N) is 10. The van der Waals surface area contributed by atoms with E-state index in [4.69, 9.17) is 25.7 Å². The fourth-order valence-electron chi connectivity index (χ4n) is 9.73. The van der Waals surface area contributed by atoms with E-state index in [0.717, 1.165) is 25.0 Å². The number of aliphatic hydroxyl groups is 1. The number of aliphatic hydroxyl groups excluding tert-OH is 1. The second-order valence-corrected chi connectivity index (χ2v) is 22.9. The minimum absolute atomic E-state index is 0.0206. The molecule has 5 heterocycles. The van der Waals surface area contributed by atoms with Crippen molar-refractivity contribution in [3.63, 3.8) is 0 Å². The van der Waals surface area contributed by atoms with Crippen molar-refractivity contribution in [2.75, 3.05) is 78.2 Å². The Balaban J connectivity index is 1.06. The first-order chi connectivity index (χ1) is 40.5. The molecule has 9 atom stereocenters. The number of Topliss-reactive ketones (excluding diaryl/α,β-unsaturated/α-hetero) is 1. The molecular formula is C54H90N16O13S. The van der Waals surface area contributed by atoms with Crippen LogP contribution >= 0.6 is 11.8 Å². The van der Waals surface area contributed by atoms with E-state index in [0.29, 0.717) is 114 Å². The minimum Gasteiger partial charge on any atom is -0.394 e. The van der Waals surface area contributed by atoms with Gasteiger partial charge in [-0.25, -0.2) is 9.78 Å². The largest absolute Gasteiger partial charge is 0.394 e. The third-order valence-corrected chi connectivity index (χ3v) is 16.1. The fourth-order valence-corrected chi connectivity index (χ4v) is 11.3. The molecule has 15 N–H and O–H groups in total. The number of hydrogen-bond donors (Lipinski definition) is 13. The Hall–Kier alpha value is -6.31. The Kier molecular flexibility index (Phi) is 30.9. The average Bonchev–Trinajstić information content (AvgIpc) is 3.94. The molecule has 2 saturated heterocycles. The lowest BCUT2D eigenvalue weighted by Crippen LogP contribution is -2.58. The van der Waals surface area contributed by atoms with Crippen molar-refractivity contribution in [3.8, 4) is 0 Å². The molecule has 5 rings (SSSR count).